The third-order valence-corrected chi connectivity index (χ3v) is 6.42. The summed E-state index contributed by atoms with van der Waals surface area (Å²) in [6.45, 7) is 13.8. The van der Waals surface area contributed by atoms with E-state index in [4.69, 9.17) is 4.74 Å². The van der Waals surface area contributed by atoms with Crippen molar-refractivity contribution in [2.24, 2.45) is 0 Å². The quantitative estimate of drug-likeness (QED) is 0.406. The van der Waals surface area contributed by atoms with Crippen molar-refractivity contribution in [3.05, 3.63) is 83.2 Å². The molecular formula is C30H35FN2O. The SMILES string of the molecule is COc1cc(F)ccc1-c1ccc2c(c1CNc1ccc(C(C)(C)C)cc1)C(C)=CC(C)(C)N2. The van der Waals surface area contributed by atoms with Crippen molar-refractivity contribution in [3.63, 3.8) is 0 Å². The number of ether oxygens (including phenoxy) is 1. The van der Waals surface area contributed by atoms with E-state index in [2.05, 4.69) is 94.7 Å². The molecule has 4 rings (SSSR count). The fourth-order valence-electron chi connectivity index (χ4n) is 4.80. The summed E-state index contributed by atoms with van der Waals surface area (Å²) >= 11 is 0. The Balaban J connectivity index is 1.79. The zero-order chi connectivity index (χ0) is 24.7. The van der Waals surface area contributed by atoms with Crippen LogP contribution in [0.25, 0.3) is 16.7 Å². The minimum absolute atomic E-state index is 0.115. The van der Waals surface area contributed by atoms with Gasteiger partial charge in [-0.1, -0.05) is 45.0 Å². The Morgan fingerprint density at radius 1 is 0.971 bits per heavy atom. The van der Waals surface area contributed by atoms with Gasteiger partial charge in [-0.2, -0.15) is 0 Å². The van der Waals surface area contributed by atoms with Crippen molar-refractivity contribution in [2.75, 3.05) is 17.7 Å². The van der Waals surface area contributed by atoms with Crippen LogP contribution in [-0.2, 0) is 12.0 Å². The Bertz CT molecular complexity index is 1230. The molecule has 0 fully saturated rings. The lowest BCUT2D eigenvalue weighted by Crippen LogP contribution is -2.32. The highest BCUT2D eigenvalue weighted by Gasteiger charge is 2.26. The molecular weight excluding hydrogens is 423 g/mol. The van der Waals surface area contributed by atoms with Crippen LogP contribution in [0.4, 0.5) is 15.8 Å². The first-order chi connectivity index (χ1) is 16.0. The van der Waals surface area contributed by atoms with Crippen LogP contribution < -0.4 is 15.4 Å². The molecule has 0 saturated carbocycles. The highest BCUT2D eigenvalue weighted by atomic mass is 19.1. The van der Waals surface area contributed by atoms with Gasteiger partial charge in [0.2, 0.25) is 0 Å². The van der Waals surface area contributed by atoms with E-state index >= 15 is 0 Å². The van der Waals surface area contributed by atoms with E-state index in [1.807, 2.05) is 0 Å². The summed E-state index contributed by atoms with van der Waals surface area (Å²) < 4.78 is 19.5. The summed E-state index contributed by atoms with van der Waals surface area (Å²) in [6, 6.07) is 17.6. The smallest absolute Gasteiger partial charge is 0.129 e. The number of allylic oxidation sites excluding steroid dienone is 1. The summed E-state index contributed by atoms with van der Waals surface area (Å²) in [6.07, 6.45) is 2.27. The number of nitrogens with one attached hydrogen (secondary N) is 2. The average Bonchev–Trinajstić information content (AvgIpc) is 2.76. The van der Waals surface area contributed by atoms with E-state index in [1.54, 1.807) is 13.2 Å². The summed E-state index contributed by atoms with van der Waals surface area (Å²) in [5.41, 5.74) is 8.93. The molecule has 0 amide bonds. The van der Waals surface area contributed by atoms with Crippen LogP contribution in [0.1, 0.15) is 58.2 Å². The van der Waals surface area contributed by atoms with Gasteiger partial charge in [-0.25, -0.2) is 4.39 Å². The fraction of sp³-hybridized carbons (Fsp3) is 0.333. The number of fused-ring (bicyclic) bond motifs is 1. The summed E-state index contributed by atoms with van der Waals surface area (Å²) in [4.78, 5) is 0. The largest absolute Gasteiger partial charge is 0.496 e. The molecule has 0 unspecified atom stereocenters. The number of hydrogen-bond donors (Lipinski definition) is 2. The zero-order valence-electron chi connectivity index (χ0n) is 21.3. The molecule has 0 spiro atoms. The molecule has 0 aromatic heterocycles. The van der Waals surface area contributed by atoms with Crippen LogP contribution in [0, 0.1) is 5.82 Å². The van der Waals surface area contributed by atoms with Gasteiger partial charge in [-0.15, -0.1) is 0 Å². The number of anilines is 2. The molecule has 0 atom stereocenters. The third-order valence-electron chi connectivity index (χ3n) is 6.42. The second kappa shape index (κ2) is 8.83. The zero-order valence-corrected chi connectivity index (χ0v) is 21.3. The molecule has 2 N–H and O–H groups in total. The van der Waals surface area contributed by atoms with Crippen LogP contribution in [0.15, 0.2) is 60.7 Å². The van der Waals surface area contributed by atoms with Gasteiger partial charge >= 0.3 is 0 Å². The first kappa shape index (κ1) is 23.9. The topological polar surface area (TPSA) is 33.3 Å². The maximum absolute atomic E-state index is 13.9. The predicted octanol–water partition coefficient (Wildman–Crippen LogP) is 8.02. The van der Waals surface area contributed by atoms with Crippen LogP contribution in [0.3, 0.4) is 0 Å². The van der Waals surface area contributed by atoms with Gasteiger partial charge < -0.3 is 15.4 Å². The molecule has 0 radical (unpaired) electrons. The number of rotatable bonds is 5. The summed E-state index contributed by atoms with van der Waals surface area (Å²) in [5, 5.41) is 7.27. The van der Waals surface area contributed by atoms with Gasteiger partial charge in [0.05, 0.1) is 12.6 Å². The van der Waals surface area contributed by atoms with Gasteiger partial charge in [-0.05, 0) is 78.8 Å². The molecule has 1 aliphatic rings. The van der Waals surface area contributed by atoms with Crippen molar-refractivity contribution in [3.8, 4) is 16.9 Å². The maximum Gasteiger partial charge on any atom is 0.129 e. The Morgan fingerprint density at radius 3 is 2.29 bits per heavy atom. The molecule has 3 aromatic rings. The molecule has 4 heteroatoms. The monoisotopic (exact) mass is 458 g/mol. The van der Waals surface area contributed by atoms with Gasteiger partial charge in [0.15, 0.2) is 0 Å². The highest BCUT2D eigenvalue weighted by molar-refractivity contribution is 5.88. The number of benzene rings is 3. The first-order valence-corrected chi connectivity index (χ1v) is 11.8. The van der Waals surface area contributed by atoms with Crippen molar-refractivity contribution in [1.82, 2.24) is 0 Å². The molecule has 0 aliphatic carbocycles. The Kier molecular flexibility index (Phi) is 6.20. The molecule has 3 aromatic carbocycles. The number of halogens is 1. The van der Waals surface area contributed by atoms with Gasteiger partial charge in [0.1, 0.15) is 11.6 Å². The Hall–Kier alpha value is -3.27. The lowest BCUT2D eigenvalue weighted by molar-refractivity contribution is 0.413. The number of hydrogen-bond acceptors (Lipinski definition) is 3. The van der Waals surface area contributed by atoms with E-state index in [-0.39, 0.29) is 16.8 Å². The van der Waals surface area contributed by atoms with Gasteiger partial charge in [-0.3, -0.25) is 0 Å². The lowest BCUT2D eigenvalue weighted by atomic mass is 9.84. The van der Waals surface area contributed by atoms with Crippen LogP contribution in [0.2, 0.25) is 0 Å². The fourth-order valence-corrected chi connectivity index (χ4v) is 4.80. The predicted molar refractivity (Wildman–Crippen MR) is 142 cm³/mol. The molecule has 3 nitrogen and oxygen atoms in total. The second-order valence-corrected chi connectivity index (χ2v) is 10.7. The molecule has 1 heterocycles. The Morgan fingerprint density at radius 2 is 1.65 bits per heavy atom. The van der Waals surface area contributed by atoms with Crippen molar-refractivity contribution in [2.45, 2.75) is 59.0 Å². The molecule has 0 saturated heterocycles. The van der Waals surface area contributed by atoms with E-state index in [1.165, 1.54) is 28.8 Å². The van der Waals surface area contributed by atoms with Crippen molar-refractivity contribution >= 4 is 16.9 Å². The van der Waals surface area contributed by atoms with E-state index in [9.17, 15) is 4.39 Å². The Labute approximate surface area is 203 Å². The normalized spacial score (nSPS) is 14.6. The minimum Gasteiger partial charge on any atom is -0.496 e. The van der Waals surface area contributed by atoms with Gasteiger partial charge in [0.25, 0.3) is 0 Å². The standard InChI is InChI=1S/C30H35FN2O/c1-19-17-30(5,6)33-26-15-14-23(24-13-10-21(31)16-27(24)34-7)25(28(19)26)18-32-22-11-8-20(9-12-22)29(2,3)4/h8-17,32-33H,18H2,1-7H3. The second-order valence-electron chi connectivity index (χ2n) is 10.7. The first-order valence-electron chi connectivity index (χ1n) is 11.8. The van der Waals surface area contributed by atoms with E-state index < -0.39 is 0 Å². The lowest BCUT2D eigenvalue weighted by Gasteiger charge is -2.33. The molecule has 34 heavy (non-hydrogen) atoms. The molecule has 1 aliphatic heterocycles. The summed E-state index contributed by atoms with van der Waals surface area (Å²) in [7, 11) is 1.58. The maximum atomic E-state index is 13.9. The minimum atomic E-state index is -0.309. The summed E-state index contributed by atoms with van der Waals surface area (Å²) in [5.74, 6) is 0.220. The van der Waals surface area contributed by atoms with Crippen LogP contribution in [-0.4, -0.2) is 12.6 Å². The molecule has 178 valence electrons. The van der Waals surface area contributed by atoms with E-state index in [0.29, 0.717) is 12.3 Å². The van der Waals surface area contributed by atoms with Crippen molar-refractivity contribution in [1.29, 1.82) is 0 Å². The van der Waals surface area contributed by atoms with E-state index in [0.717, 1.165) is 28.1 Å². The highest BCUT2D eigenvalue weighted by Crippen LogP contribution is 2.42. The van der Waals surface area contributed by atoms with Crippen LogP contribution in [0.5, 0.6) is 5.75 Å². The molecule has 0 bridgehead atoms. The average molecular weight is 459 g/mol. The van der Waals surface area contributed by atoms with Gasteiger partial charge in [0, 0.05) is 35.1 Å². The van der Waals surface area contributed by atoms with Crippen LogP contribution >= 0.6 is 0 Å². The van der Waals surface area contributed by atoms with Crippen molar-refractivity contribution < 1.29 is 9.13 Å². The third kappa shape index (κ3) is 4.82. The number of methoxy groups -OCH3 is 1.